The number of hydrogen-bond acceptors (Lipinski definition) is 3. The Morgan fingerprint density at radius 1 is 1.00 bits per heavy atom. The van der Waals surface area contributed by atoms with Gasteiger partial charge in [-0.2, -0.15) is 0 Å². The lowest BCUT2D eigenvalue weighted by Crippen LogP contribution is -2.49. The molecule has 2 saturated carbocycles. The molecule has 2 unspecified atom stereocenters. The van der Waals surface area contributed by atoms with Crippen LogP contribution >= 0.6 is 0 Å². The van der Waals surface area contributed by atoms with Crippen LogP contribution in [0.15, 0.2) is 0 Å². The number of aliphatic hydroxyl groups excluding tert-OH is 1. The van der Waals surface area contributed by atoms with Crippen molar-refractivity contribution < 1.29 is 9.90 Å². The van der Waals surface area contributed by atoms with Gasteiger partial charge in [-0.05, 0) is 32.7 Å². The molecule has 0 heterocycles. The largest absolute Gasteiger partial charge is 0.391 e. The number of carbonyl (C=O) groups excluding carboxylic acids is 1. The van der Waals surface area contributed by atoms with E-state index in [0.29, 0.717) is 12.6 Å². The summed E-state index contributed by atoms with van der Waals surface area (Å²) in [6.07, 6.45) is 10.0. The Morgan fingerprint density at radius 3 is 2.25 bits per heavy atom. The zero-order valence-corrected chi connectivity index (χ0v) is 13.1. The van der Waals surface area contributed by atoms with E-state index in [9.17, 15) is 9.90 Å². The summed E-state index contributed by atoms with van der Waals surface area (Å²) in [5, 5.41) is 10.1. The molecular formula is C16H30N2O2. The van der Waals surface area contributed by atoms with Crippen molar-refractivity contribution in [3.05, 3.63) is 0 Å². The summed E-state index contributed by atoms with van der Waals surface area (Å²) >= 11 is 0. The molecule has 2 aliphatic carbocycles. The molecule has 2 aliphatic rings. The molecule has 116 valence electrons. The molecule has 0 bridgehead atoms. The Bertz CT molecular complexity index is 316. The maximum Gasteiger partial charge on any atom is 0.236 e. The van der Waals surface area contributed by atoms with Crippen LogP contribution in [0.4, 0.5) is 0 Å². The van der Waals surface area contributed by atoms with Crippen LogP contribution in [0.25, 0.3) is 0 Å². The minimum atomic E-state index is -0.262. The molecule has 2 fully saturated rings. The van der Waals surface area contributed by atoms with Crippen LogP contribution in [0.3, 0.4) is 0 Å². The van der Waals surface area contributed by atoms with Crippen LogP contribution in [-0.4, -0.2) is 59.6 Å². The summed E-state index contributed by atoms with van der Waals surface area (Å²) in [4.78, 5) is 16.4. The van der Waals surface area contributed by atoms with E-state index in [4.69, 9.17) is 0 Å². The third-order valence-corrected chi connectivity index (χ3v) is 5.16. The smallest absolute Gasteiger partial charge is 0.236 e. The number of nitrogens with zero attached hydrogens (tertiary/aromatic N) is 2. The number of carbonyl (C=O) groups is 1. The molecular weight excluding hydrogens is 252 g/mol. The first-order valence-corrected chi connectivity index (χ1v) is 8.23. The first kappa shape index (κ1) is 15.8. The highest BCUT2D eigenvalue weighted by molar-refractivity contribution is 5.78. The molecule has 1 amide bonds. The quantitative estimate of drug-likeness (QED) is 0.858. The van der Waals surface area contributed by atoms with Crippen molar-refractivity contribution >= 4 is 5.91 Å². The summed E-state index contributed by atoms with van der Waals surface area (Å²) in [7, 11) is 3.93. The van der Waals surface area contributed by atoms with Crippen molar-refractivity contribution in [2.75, 3.05) is 20.6 Å². The van der Waals surface area contributed by atoms with Gasteiger partial charge in [-0.1, -0.05) is 32.1 Å². The lowest BCUT2D eigenvalue weighted by molar-refractivity contribution is -0.134. The fraction of sp³-hybridized carbons (Fsp3) is 0.938. The van der Waals surface area contributed by atoms with E-state index in [-0.39, 0.29) is 18.1 Å². The SMILES string of the molecule is CN(CC(=O)N(C)C1CCCCC1)C1CCCCC1O. The van der Waals surface area contributed by atoms with Crippen molar-refractivity contribution in [3.63, 3.8) is 0 Å². The van der Waals surface area contributed by atoms with Crippen molar-refractivity contribution in [3.8, 4) is 0 Å². The van der Waals surface area contributed by atoms with Gasteiger partial charge in [0.2, 0.25) is 5.91 Å². The van der Waals surface area contributed by atoms with Crippen LogP contribution in [-0.2, 0) is 4.79 Å². The molecule has 0 aromatic heterocycles. The molecule has 0 aliphatic heterocycles. The molecule has 2 atom stereocenters. The topological polar surface area (TPSA) is 43.8 Å². The summed E-state index contributed by atoms with van der Waals surface area (Å²) in [5.74, 6) is 0.206. The standard InChI is InChI=1S/C16H30N2O2/c1-17(14-10-6-7-11-15(14)19)12-16(20)18(2)13-8-4-3-5-9-13/h13-15,19H,3-12H2,1-2H3. The second kappa shape index (κ2) is 7.41. The van der Waals surface area contributed by atoms with Gasteiger partial charge >= 0.3 is 0 Å². The molecule has 0 aromatic rings. The van der Waals surface area contributed by atoms with Crippen molar-refractivity contribution in [2.24, 2.45) is 0 Å². The maximum atomic E-state index is 12.4. The van der Waals surface area contributed by atoms with E-state index in [2.05, 4.69) is 4.90 Å². The van der Waals surface area contributed by atoms with Crippen LogP contribution in [0, 0.1) is 0 Å². The molecule has 0 aromatic carbocycles. The highest BCUT2D eigenvalue weighted by Gasteiger charge is 2.29. The molecule has 4 heteroatoms. The number of amides is 1. The molecule has 4 nitrogen and oxygen atoms in total. The van der Waals surface area contributed by atoms with Crippen LogP contribution in [0.5, 0.6) is 0 Å². The highest BCUT2D eigenvalue weighted by Crippen LogP contribution is 2.24. The average Bonchev–Trinajstić information content (AvgIpc) is 2.47. The third-order valence-electron chi connectivity index (χ3n) is 5.16. The molecule has 2 rings (SSSR count). The normalized spacial score (nSPS) is 28.6. The zero-order chi connectivity index (χ0) is 14.5. The van der Waals surface area contributed by atoms with Crippen molar-refractivity contribution in [1.29, 1.82) is 0 Å². The fourth-order valence-corrected chi connectivity index (χ4v) is 3.72. The van der Waals surface area contributed by atoms with Gasteiger partial charge in [0.15, 0.2) is 0 Å². The monoisotopic (exact) mass is 282 g/mol. The van der Waals surface area contributed by atoms with Gasteiger partial charge in [0.25, 0.3) is 0 Å². The summed E-state index contributed by atoms with van der Waals surface area (Å²) in [5.41, 5.74) is 0. The molecule has 1 N–H and O–H groups in total. The van der Waals surface area contributed by atoms with Gasteiger partial charge in [0, 0.05) is 19.1 Å². The number of rotatable bonds is 4. The highest BCUT2D eigenvalue weighted by atomic mass is 16.3. The lowest BCUT2D eigenvalue weighted by atomic mass is 9.91. The molecule has 0 spiro atoms. The second-order valence-corrected chi connectivity index (χ2v) is 6.63. The Hall–Kier alpha value is -0.610. The maximum absolute atomic E-state index is 12.4. The van der Waals surface area contributed by atoms with Gasteiger partial charge in [0.05, 0.1) is 12.6 Å². The lowest BCUT2D eigenvalue weighted by Gasteiger charge is -2.37. The third kappa shape index (κ3) is 3.95. The van der Waals surface area contributed by atoms with Gasteiger partial charge in [-0.25, -0.2) is 0 Å². The van der Waals surface area contributed by atoms with Crippen LogP contribution in [0.2, 0.25) is 0 Å². The van der Waals surface area contributed by atoms with E-state index in [1.807, 2.05) is 19.0 Å². The number of likely N-dealkylation sites (N-methyl/N-ethyl adjacent to an activating group) is 2. The Labute approximate surface area is 123 Å². The van der Waals surface area contributed by atoms with Gasteiger partial charge in [-0.15, -0.1) is 0 Å². The van der Waals surface area contributed by atoms with E-state index in [0.717, 1.165) is 32.1 Å². The minimum absolute atomic E-state index is 0.160. The van der Waals surface area contributed by atoms with Crippen molar-refractivity contribution in [2.45, 2.75) is 76.0 Å². The van der Waals surface area contributed by atoms with Gasteiger partial charge in [-0.3, -0.25) is 9.69 Å². The average molecular weight is 282 g/mol. The molecule has 0 saturated heterocycles. The molecule has 0 radical (unpaired) electrons. The summed E-state index contributed by atoms with van der Waals surface area (Å²) in [6.45, 7) is 0.439. The summed E-state index contributed by atoms with van der Waals surface area (Å²) in [6, 6.07) is 0.591. The first-order chi connectivity index (χ1) is 9.59. The zero-order valence-electron chi connectivity index (χ0n) is 13.1. The Kier molecular flexibility index (Phi) is 5.85. The van der Waals surface area contributed by atoms with E-state index in [1.54, 1.807) is 0 Å². The first-order valence-electron chi connectivity index (χ1n) is 8.23. The minimum Gasteiger partial charge on any atom is -0.391 e. The van der Waals surface area contributed by atoms with Crippen LogP contribution < -0.4 is 0 Å². The fourth-order valence-electron chi connectivity index (χ4n) is 3.72. The van der Waals surface area contributed by atoms with E-state index >= 15 is 0 Å². The predicted molar refractivity (Wildman–Crippen MR) is 80.5 cm³/mol. The number of hydrogen-bond donors (Lipinski definition) is 1. The summed E-state index contributed by atoms with van der Waals surface area (Å²) < 4.78 is 0. The molecule has 20 heavy (non-hydrogen) atoms. The van der Waals surface area contributed by atoms with E-state index in [1.165, 1.54) is 25.7 Å². The van der Waals surface area contributed by atoms with Crippen molar-refractivity contribution in [1.82, 2.24) is 9.80 Å². The van der Waals surface area contributed by atoms with Crippen LogP contribution in [0.1, 0.15) is 57.8 Å². The Balaban J connectivity index is 1.83. The second-order valence-electron chi connectivity index (χ2n) is 6.63. The predicted octanol–water partition coefficient (Wildman–Crippen LogP) is 2.01. The van der Waals surface area contributed by atoms with Gasteiger partial charge in [0.1, 0.15) is 0 Å². The van der Waals surface area contributed by atoms with E-state index < -0.39 is 0 Å². The Morgan fingerprint density at radius 2 is 1.60 bits per heavy atom. The van der Waals surface area contributed by atoms with Gasteiger partial charge < -0.3 is 10.0 Å². The number of aliphatic hydroxyl groups is 1.